The minimum Gasteiger partial charge on any atom is -0.508 e. The number of hydrogen-bond donors (Lipinski definition) is 1. The van der Waals surface area contributed by atoms with Crippen LogP contribution >= 0.6 is 27.3 Å². The Kier molecular flexibility index (Phi) is 2.56. The number of alkyl halides is 1. The van der Waals surface area contributed by atoms with Gasteiger partial charge in [-0.2, -0.15) is 0 Å². The zero-order valence-corrected chi connectivity index (χ0v) is 9.56. The van der Waals surface area contributed by atoms with Gasteiger partial charge in [0, 0.05) is 21.0 Å². The van der Waals surface area contributed by atoms with Crippen LogP contribution in [0, 0.1) is 0 Å². The first kappa shape index (κ1) is 9.68. The van der Waals surface area contributed by atoms with Gasteiger partial charge in [-0.05, 0) is 18.2 Å². The Morgan fingerprint density at radius 3 is 2.93 bits per heavy atom. The van der Waals surface area contributed by atoms with Gasteiger partial charge < -0.3 is 5.11 Å². The van der Waals surface area contributed by atoms with Crippen LogP contribution < -0.4 is 0 Å². The van der Waals surface area contributed by atoms with Crippen LogP contribution in [-0.4, -0.2) is 11.4 Å². The highest BCUT2D eigenvalue weighted by Crippen LogP contribution is 2.33. The summed E-state index contributed by atoms with van der Waals surface area (Å²) < 4.78 is 1.03. The molecule has 2 aromatic rings. The molecule has 0 aliphatic heterocycles. The maximum absolute atomic E-state index is 10.6. The van der Waals surface area contributed by atoms with E-state index in [0.717, 1.165) is 21.9 Å². The fourth-order valence-electron chi connectivity index (χ4n) is 1.38. The van der Waals surface area contributed by atoms with Gasteiger partial charge in [-0.3, -0.25) is 4.79 Å². The van der Waals surface area contributed by atoms with Crippen molar-refractivity contribution < 1.29 is 9.90 Å². The molecule has 0 atom stereocenters. The molecule has 0 fully saturated rings. The molecular weight excluding hydrogens is 264 g/mol. The van der Waals surface area contributed by atoms with Crippen molar-refractivity contribution in [2.24, 2.45) is 0 Å². The SMILES string of the molecule is O=Cc1cc2c(CBr)c(O)ccc2s1. The van der Waals surface area contributed by atoms with E-state index in [4.69, 9.17) is 0 Å². The van der Waals surface area contributed by atoms with E-state index in [2.05, 4.69) is 15.9 Å². The van der Waals surface area contributed by atoms with Gasteiger partial charge in [-0.15, -0.1) is 11.3 Å². The quantitative estimate of drug-likeness (QED) is 0.672. The smallest absolute Gasteiger partial charge is 0.160 e. The summed E-state index contributed by atoms with van der Waals surface area (Å²) in [5.41, 5.74) is 0.840. The predicted octanol–water partition coefficient (Wildman–Crippen LogP) is 3.31. The van der Waals surface area contributed by atoms with Crippen LogP contribution in [0.15, 0.2) is 18.2 Å². The lowest BCUT2D eigenvalue weighted by Gasteiger charge is -2.01. The van der Waals surface area contributed by atoms with Gasteiger partial charge in [0.25, 0.3) is 0 Å². The molecule has 2 rings (SSSR count). The molecule has 2 nitrogen and oxygen atoms in total. The molecule has 1 heterocycles. The standard InChI is InChI=1S/C10H7BrO2S/c11-4-8-7-3-6(5-12)14-10(7)2-1-9(8)13/h1-3,5,13H,4H2. The van der Waals surface area contributed by atoms with Crippen LogP contribution in [0.2, 0.25) is 0 Å². The lowest BCUT2D eigenvalue weighted by Crippen LogP contribution is -1.79. The van der Waals surface area contributed by atoms with Crippen LogP contribution in [0.25, 0.3) is 10.1 Å². The molecular formula is C10H7BrO2S. The van der Waals surface area contributed by atoms with E-state index in [9.17, 15) is 9.90 Å². The number of carbonyl (C=O) groups excluding carboxylic acids is 1. The van der Waals surface area contributed by atoms with Gasteiger partial charge in [0.2, 0.25) is 0 Å². The Bertz CT molecular complexity index is 490. The molecule has 1 aromatic carbocycles. The van der Waals surface area contributed by atoms with Crippen molar-refractivity contribution in [2.45, 2.75) is 5.33 Å². The molecule has 0 amide bonds. The number of rotatable bonds is 2. The first-order chi connectivity index (χ1) is 6.76. The number of thiophene rings is 1. The molecule has 0 unspecified atom stereocenters. The third-order valence-corrected chi connectivity index (χ3v) is 3.64. The number of fused-ring (bicyclic) bond motifs is 1. The molecule has 0 radical (unpaired) electrons. The first-order valence-electron chi connectivity index (χ1n) is 4.02. The van der Waals surface area contributed by atoms with Gasteiger partial charge in [0.15, 0.2) is 6.29 Å². The zero-order valence-electron chi connectivity index (χ0n) is 7.16. The fourth-order valence-corrected chi connectivity index (χ4v) is 2.87. The van der Waals surface area contributed by atoms with Crippen LogP contribution in [0.3, 0.4) is 0 Å². The molecule has 0 bridgehead atoms. The normalized spacial score (nSPS) is 10.6. The average Bonchev–Trinajstić information content (AvgIpc) is 2.60. The third-order valence-electron chi connectivity index (χ3n) is 2.06. The minimum atomic E-state index is 0.268. The van der Waals surface area contributed by atoms with Crippen LogP contribution in [0.4, 0.5) is 0 Å². The second-order valence-corrected chi connectivity index (χ2v) is 4.55. The molecule has 72 valence electrons. The Hall–Kier alpha value is -0.870. The average molecular weight is 271 g/mol. The summed E-state index contributed by atoms with van der Waals surface area (Å²) in [6, 6.07) is 5.29. The first-order valence-corrected chi connectivity index (χ1v) is 5.95. The van der Waals surface area contributed by atoms with Crippen molar-refractivity contribution in [2.75, 3.05) is 0 Å². The maximum Gasteiger partial charge on any atom is 0.160 e. The zero-order chi connectivity index (χ0) is 10.1. The molecule has 0 aliphatic rings. The summed E-state index contributed by atoms with van der Waals surface area (Å²) in [6.45, 7) is 0. The number of benzene rings is 1. The number of aldehydes is 1. The number of phenolic OH excluding ortho intramolecular Hbond substituents is 1. The van der Waals surface area contributed by atoms with Crippen LogP contribution in [0.5, 0.6) is 5.75 Å². The van der Waals surface area contributed by atoms with Gasteiger partial charge in [0.1, 0.15) is 5.75 Å². The van der Waals surface area contributed by atoms with E-state index >= 15 is 0 Å². The van der Waals surface area contributed by atoms with E-state index in [-0.39, 0.29) is 5.75 Å². The van der Waals surface area contributed by atoms with Crippen molar-refractivity contribution in [3.63, 3.8) is 0 Å². The molecule has 4 heteroatoms. The van der Waals surface area contributed by atoms with E-state index in [1.54, 1.807) is 6.07 Å². The van der Waals surface area contributed by atoms with Gasteiger partial charge in [-0.1, -0.05) is 15.9 Å². The van der Waals surface area contributed by atoms with Crippen molar-refractivity contribution in [3.05, 3.63) is 28.6 Å². The summed E-state index contributed by atoms with van der Waals surface area (Å²) >= 11 is 4.75. The molecule has 0 saturated carbocycles. The second-order valence-electron chi connectivity index (χ2n) is 2.88. The van der Waals surface area contributed by atoms with Gasteiger partial charge >= 0.3 is 0 Å². The highest BCUT2D eigenvalue weighted by molar-refractivity contribution is 9.08. The molecule has 0 aliphatic carbocycles. The van der Waals surface area contributed by atoms with E-state index in [0.29, 0.717) is 10.2 Å². The molecule has 14 heavy (non-hydrogen) atoms. The van der Waals surface area contributed by atoms with E-state index in [1.807, 2.05) is 12.1 Å². The Morgan fingerprint density at radius 1 is 1.50 bits per heavy atom. The Balaban J connectivity index is 2.79. The largest absolute Gasteiger partial charge is 0.508 e. The van der Waals surface area contributed by atoms with Crippen molar-refractivity contribution in [1.29, 1.82) is 0 Å². The maximum atomic E-state index is 10.6. The van der Waals surface area contributed by atoms with E-state index < -0.39 is 0 Å². The number of carbonyl (C=O) groups is 1. The molecule has 0 spiro atoms. The predicted molar refractivity (Wildman–Crippen MR) is 61.5 cm³/mol. The highest BCUT2D eigenvalue weighted by atomic mass is 79.9. The Morgan fingerprint density at radius 2 is 2.29 bits per heavy atom. The van der Waals surface area contributed by atoms with Crippen LogP contribution in [0.1, 0.15) is 15.2 Å². The number of halogens is 1. The molecule has 1 aromatic heterocycles. The van der Waals surface area contributed by atoms with Crippen molar-refractivity contribution in [3.8, 4) is 5.75 Å². The lowest BCUT2D eigenvalue weighted by molar-refractivity contribution is 0.112. The monoisotopic (exact) mass is 270 g/mol. The van der Waals surface area contributed by atoms with Gasteiger partial charge in [-0.25, -0.2) is 0 Å². The van der Waals surface area contributed by atoms with Crippen LogP contribution in [-0.2, 0) is 5.33 Å². The fraction of sp³-hybridized carbons (Fsp3) is 0.100. The summed E-state index contributed by atoms with van der Waals surface area (Å²) in [4.78, 5) is 11.3. The second kappa shape index (κ2) is 3.71. The minimum absolute atomic E-state index is 0.268. The molecule has 1 N–H and O–H groups in total. The summed E-state index contributed by atoms with van der Waals surface area (Å²) in [5, 5.41) is 11.1. The number of phenols is 1. The lowest BCUT2D eigenvalue weighted by atomic mass is 10.1. The van der Waals surface area contributed by atoms with E-state index in [1.165, 1.54) is 11.3 Å². The summed E-state index contributed by atoms with van der Waals surface area (Å²) in [5.74, 6) is 0.268. The number of aromatic hydroxyl groups is 1. The summed E-state index contributed by atoms with van der Waals surface area (Å²) in [6.07, 6.45) is 0.833. The topological polar surface area (TPSA) is 37.3 Å². The van der Waals surface area contributed by atoms with Gasteiger partial charge in [0.05, 0.1) is 4.88 Å². The van der Waals surface area contributed by atoms with Crippen molar-refractivity contribution in [1.82, 2.24) is 0 Å². The Labute approximate surface area is 93.3 Å². The summed E-state index contributed by atoms with van der Waals surface area (Å²) in [7, 11) is 0. The molecule has 0 saturated heterocycles. The number of hydrogen-bond acceptors (Lipinski definition) is 3. The van der Waals surface area contributed by atoms with Crippen molar-refractivity contribution >= 4 is 43.6 Å². The highest BCUT2D eigenvalue weighted by Gasteiger charge is 2.08. The third kappa shape index (κ3) is 1.44.